The molecule has 0 saturated carbocycles. The minimum atomic E-state index is -0.806. The number of imide groups is 1. The summed E-state index contributed by atoms with van der Waals surface area (Å²) in [6.45, 7) is 19.7. The second-order valence-electron chi connectivity index (χ2n) is 17.6. The van der Waals surface area contributed by atoms with Gasteiger partial charge in [-0.25, -0.2) is 19.6 Å². The number of aromatic nitrogens is 4. The third kappa shape index (κ3) is 10.6. The van der Waals surface area contributed by atoms with Gasteiger partial charge in [-0.15, -0.1) is 0 Å². The fourth-order valence-electron chi connectivity index (χ4n) is 9.11. The van der Waals surface area contributed by atoms with E-state index in [4.69, 9.17) is 32.6 Å². The van der Waals surface area contributed by atoms with Gasteiger partial charge in [0.1, 0.15) is 25.0 Å². The first-order chi connectivity index (χ1) is 31.4. The molecule has 0 aliphatic carbocycles. The number of likely N-dealkylation sites (tertiary alicyclic amines) is 1. The molecule has 65 heavy (non-hydrogen) atoms. The first kappa shape index (κ1) is 45.4. The van der Waals surface area contributed by atoms with Crippen LogP contribution in [0.4, 0.5) is 17.3 Å². The van der Waals surface area contributed by atoms with Gasteiger partial charge in [-0.2, -0.15) is 0 Å². The summed E-state index contributed by atoms with van der Waals surface area (Å²) in [7, 11) is 1.60. The van der Waals surface area contributed by atoms with Crippen LogP contribution in [0.15, 0.2) is 77.7 Å². The SMILES string of the molecule is [C-]#[N+]c1cc(Cl)cc(C(C)(C)c2ccc(OCc3ccnc(N4CCN(CC5CCN(CCOCC(=O)Nc6cccc7c6n(C)c(=O)n7C6CCC(=O)NC6=O)CC5)CC4)n3)cc2)c1. The number of piperazine rings is 1. The number of benzene rings is 3. The van der Waals surface area contributed by atoms with E-state index < -0.39 is 17.6 Å². The Hall–Kier alpha value is -6.12. The molecule has 3 aliphatic heterocycles. The first-order valence-corrected chi connectivity index (χ1v) is 22.6. The normalized spacial score (nSPS) is 17.8. The number of hydrogen-bond acceptors (Lipinski definition) is 11. The molecule has 17 heteroatoms. The van der Waals surface area contributed by atoms with Crippen molar-refractivity contribution in [2.75, 3.05) is 75.8 Å². The molecule has 5 heterocycles. The van der Waals surface area contributed by atoms with Gasteiger partial charge < -0.3 is 24.6 Å². The maximum Gasteiger partial charge on any atom is 0.329 e. The summed E-state index contributed by atoms with van der Waals surface area (Å²) in [6.07, 6.45) is 4.40. The van der Waals surface area contributed by atoms with Gasteiger partial charge in [-0.1, -0.05) is 49.7 Å². The number of carbonyl (C=O) groups excluding carboxylic acids is 3. The van der Waals surface area contributed by atoms with Crippen LogP contribution in [0.1, 0.15) is 62.4 Å². The maximum atomic E-state index is 13.2. The highest BCUT2D eigenvalue weighted by Crippen LogP contribution is 2.36. The average molecular weight is 903 g/mol. The Morgan fingerprint density at radius 3 is 2.46 bits per heavy atom. The summed E-state index contributed by atoms with van der Waals surface area (Å²) in [5.41, 5.74) is 4.12. The van der Waals surface area contributed by atoms with E-state index in [0.29, 0.717) is 46.6 Å². The number of para-hydroxylation sites is 1. The van der Waals surface area contributed by atoms with Crippen molar-refractivity contribution in [2.45, 2.75) is 57.6 Å². The fraction of sp³-hybridized carbons (Fsp3) is 0.438. The Morgan fingerprint density at radius 2 is 1.72 bits per heavy atom. The van der Waals surface area contributed by atoms with Crippen molar-refractivity contribution in [1.29, 1.82) is 0 Å². The summed E-state index contributed by atoms with van der Waals surface area (Å²) in [6, 6.07) is 19.8. The zero-order valence-electron chi connectivity index (χ0n) is 37.1. The molecule has 2 aromatic heterocycles. The maximum absolute atomic E-state index is 13.2. The Balaban J connectivity index is 0.728. The number of carbonyl (C=O) groups is 3. The van der Waals surface area contributed by atoms with E-state index in [-0.39, 0.29) is 36.7 Å². The minimum absolute atomic E-state index is 0.127. The molecule has 16 nitrogen and oxygen atoms in total. The molecule has 3 amide bonds. The van der Waals surface area contributed by atoms with Crippen LogP contribution in [-0.2, 0) is 38.2 Å². The standard InChI is InChI=1S/C48H55ClN10O6/c1-48(2,34-26-35(49)28-37(27-34)50-3)33-8-10-38(11-9-33)65-30-36-14-17-51-46(52-36)58-22-20-57(21-23-58)29-32-15-18-56(19-16-32)24-25-64-31-43(61)53-39-6-5-7-40-44(39)55(4)47(63)59(40)41-12-13-42(60)54-45(41)62/h5-11,14,17,26-28,32,41H,12-13,15-16,18-25,29-31H2,1-2,4H3,(H,53,61)(H,54,60,62). The van der Waals surface area contributed by atoms with E-state index in [1.807, 2.05) is 30.3 Å². The van der Waals surface area contributed by atoms with E-state index in [1.54, 1.807) is 37.5 Å². The van der Waals surface area contributed by atoms with Crippen LogP contribution in [0.25, 0.3) is 15.9 Å². The summed E-state index contributed by atoms with van der Waals surface area (Å²) >= 11 is 6.31. The second kappa shape index (κ2) is 20.0. The summed E-state index contributed by atoms with van der Waals surface area (Å²) in [4.78, 5) is 70.6. The van der Waals surface area contributed by atoms with E-state index in [0.717, 1.165) is 93.7 Å². The number of imidazole rings is 1. The molecular formula is C48H55ClN10O6. The van der Waals surface area contributed by atoms with Crippen molar-refractivity contribution in [2.24, 2.45) is 13.0 Å². The largest absolute Gasteiger partial charge is 0.487 e. The lowest BCUT2D eigenvalue weighted by Gasteiger charge is -2.38. The van der Waals surface area contributed by atoms with Crippen LogP contribution in [0.3, 0.4) is 0 Å². The number of rotatable bonds is 15. The molecule has 5 aromatic rings. The Morgan fingerprint density at radius 1 is 0.954 bits per heavy atom. The highest BCUT2D eigenvalue weighted by Gasteiger charge is 2.32. The third-order valence-electron chi connectivity index (χ3n) is 13.0. The molecule has 8 rings (SSSR count). The van der Waals surface area contributed by atoms with Crippen molar-refractivity contribution >= 4 is 57.7 Å². The molecule has 1 unspecified atom stereocenters. The van der Waals surface area contributed by atoms with Crippen LogP contribution in [0, 0.1) is 12.5 Å². The van der Waals surface area contributed by atoms with E-state index in [9.17, 15) is 19.2 Å². The number of piperidine rings is 2. The van der Waals surface area contributed by atoms with Crippen molar-refractivity contribution < 1.29 is 23.9 Å². The van der Waals surface area contributed by atoms with Crippen LogP contribution in [0.2, 0.25) is 5.02 Å². The summed E-state index contributed by atoms with van der Waals surface area (Å²) < 4.78 is 14.7. The van der Waals surface area contributed by atoms with E-state index in [1.165, 1.54) is 9.13 Å². The molecule has 0 bridgehead atoms. The lowest BCUT2D eigenvalue weighted by Crippen LogP contribution is -2.49. The molecule has 3 saturated heterocycles. The monoisotopic (exact) mass is 902 g/mol. The zero-order valence-corrected chi connectivity index (χ0v) is 37.9. The number of fused-ring (bicyclic) bond motifs is 1. The summed E-state index contributed by atoms with van der Waals surface area (Å²) in [5, 5.41) is 5.75. The van der Waals surface area contributed by atoms with Crippen LogP contribution >= 0.6 is 11.6 Å². The van der Waals surface area contributed by atoms with E-state index >= 15 is 0 Å². The van der Waals surface area contributed by atoms with Gasteiger partial charge in [-0.05, 0) is 91.9 Å². The first-order valence-electron chi connectivity index (χ1n) is 22.2. The number of amides is 3. The number of ether oxygens (including phenoxy) is 2. The van der Waals surface area contributed by atoms with Crippen molar-refractivity contribution in [1.82, 2.24) is 34.2 Å². The molecular weight excluding hydrogens is 848 g/mol. The van der Waals surface area contributed by atoms with Crippen LogP contribution < -0.4 is 26.0 Å². The number of nitrogens with one attached hydrogen (secondary N) is 2. The van der Waals surface area contributed by atoms with Gasteiger partial charge >= 0.3 is 5.69 Å². The number of anilines is 2. The number of halogens is 1. The highest BCUT2D eigenvalue weighted by molar-refractivity contribution is 6.31. The molecule has 3 aliphatic rings. The Labute approximate surface area is 383 Å². The summed E-state index contributed by atoms with van der Waals surface area (Å²) in [5.74, 6) is 0.897. The van der Waals surface area contributed by atoms with Gasteiger partial charge in [0.15, 0.2) is 5.69 Å². The smallest absolute Gasteiger partial charge is 0.329 e. The third-order valence-corrected chi connectivity index (χ3v) is 13.2. The second-order valence-corrected chi connectivity index (χ2v) is 18.1. The number of aryl methyl sites for hydroxylation is 1. The molecule has 3 fully saturated rings. The predicted octanol–water partition coefficient (Wildman–Crippen LogP) is 5.71. The van der Waals surface area contributed by atoms with Crippen molar-refractivity contribution in [3.05, 3.63) is 117 Å². The van der Waals surface area contributed by atoms with Crippen molar-refractivity contribution in [3.8, 4) is 5.75 Å². The highest BCUT2D eigenvalue weighted by atomic mass is 35.5. The van der Waals surface area contributed by atoms with Gasteiger partial charge in [0, 0.05) is 69.4 Å². The predicted molar refractivity (Wildman–Crippen MR) is 249 cm³/mol. The average Bonchev–Trinajstić information content (AvgIpc) is 3.56. The molecule has 1 atom stereocenters. The molecule has 0 radical (unpaired) electrons. The van der Waals surface area contributed by atoms with Crippen LogP contribution in [-0.4, -0.2) is 112 Å². The zero-order chi connectivity index (χ0) is 45.7. The molecule has 3 aromatic carbocycles. The van der Waals surface area contributed by atoms with E-state index in [2.05, 4.69) is 61.1 Å². The van der Waals surface area contributed by atoms with Gasteiger partial charge in [0.05, 0.1) is 35.6 Å². The number of hydrogen-bond donors (Lipinski definition) is 2. The molecule has 2 N–H and O–H groups in total. The lowest BCUT2D eigenvalue weighted by molar-refractivity contribution is -0.135. The van der Waals surface area contributed by atoms with Crippen molar-refractivity contribution in [3.63, 3.8) is 0 Å². The molecule has 0 spiro atoms. The topological polar surface area (TPSA) is 161 Å². The Bertz CT molecular complexity index is 2640. The quantitative estimate of drug-likeness (QED) is 0.0754. The lowest BCUT2D eigenvalue weighted by atomic mass is 9.78. The van der Waals surface area contributed by atoms with Gasteiger partial charge in [-0.3, -0.25) is 33.7 Å². The Kier molecular flexibility index (Phi) is 14.0. The van der Waals surface area contributed by atoms with Crippen LogP contribution in [0.5, 0.6) is 5.75 Å². The van der Waals surface area contributed by atoms with Gasteiger partial charge in [0.2, 0.25) is 23.7 Å². The minimum Gasteiger partial charge on any atom is -0.487 e. The van der Waals surface area contributed by atoms with Gasteiger partial charge in [0.25, 0.3) is 0 Å². The molecule has 340 valence electrons. The fourth-order valence-corrected chi connectivity index (χ4v) is 9.34. The number of nitrogens with zero attached hydrogens (tertiary/aromatic N) is 8.